The number of fused-ring (bicyclic) bond motifs is 1. The highest BCUT2D eigenvalue weighted by molar-refractivity contribution is 5.94. The number of amides is 1. The maximum Gasteiger partial charge on any atom is 0.407 e. The molecule has 9 nitrogen and oxygen atoms in total. The quantitative estimate of drug-likeness (QED) is 0.284. The van der Waals surface area contributed by atoms with E-state index in [1.54, 1.807) is 6.20 Å². The van der Waals surface area contributed by atoms with E-state index in [2.05, 4.69) is 20.2 Å². The predicted octanol–water partition coefficient (Wildman–Crippen LogP) is 3.84. The lowest BCUT2D eigenvalue weighted by Gasteiger charge is -2.36. The van der Waals surface area contributed by atoms with Gasteiger partial charge in [-0.05, 0) is 61.1 Å². The van der Waals surface area contributed by atoms with Gasteiger partial charge in [-0.1, -0.05) is 42.5 Å². The van der Waals surface area contributed by atoms with Gasteiger partial charge in [0.1, 0.15) is 30.4 Å². The maximum absolute atomic E-state index is 14.6. The summed E-state index contributed by atoms with van der Waals surface area (Å²) in [6.07, 6.45) is 7.87. The minimum Gasteiger partial charge on any atom is -0.445 e. The van der Waals surface area contributed by atoms with Crippen molar-refractivity contribution in [2.24, 2.45) is 5.92 Å². The molecule has 1 amide bonds. The van der Waals surface area contributed by atoms with Gasteiger partial charge < -0.3 is 30.5 Å². The number of anilines is 2. The fraction of sp³-hybridized carbons (Fsp3) is 0.273. The van der Waals surface area contributed by atoms with E-state index in [0.717, 1.165) is 39.4 Å². The number of imidazole rings is 1. The maximum atomic E-state index is 14.6. The van der Waals surface area contributed by atoms with E-state index in [4.69, 9.17) is 15.5 Å². The number of hydrogen-bond donors (Lipinski definition) is 3. The zero-order chi connectivity index (χ0) is 29.9. The Balaban J connectivity index is 1.31. The Bertz CT molecular complexity index is 1760. The molecule has 1 fully saturated rings. The number of aromatic nitrogens is 3. The van der Waals surface area contributed by atoms with Crippen molar-refractivity contribution in [1.29, 1.82) is 0 Å². The van der Waals surface area contributed by atoms with Gasteiger partial charge in [-0.3, -0.25) is 0 Å². The molecule has 2 aromatic heterocycles. The molecule has 220 valence electrons. The molecule has 10 heteroatoms. The lowest BCUT2D eigenvalue weighted by atomic mass is 9.96. The molecule has 43 heavy (non-hydrogen) atoms. The third-order valence-electron chi connectivity index (χ3n) is 7.92. The first-order valence-corrected chi connectivity index (χ1v) is 14.4. The number of ether oxygens (including phenoxy) is 1. The smallest absolute Gasteiger partial charge is 0.407 e. The van der Waals surface area contributed by atoms with Crippen molar-refractivity contribution in [3.8, 4) is 22.5 Å². The number of nitrogens with two attached hydrogens (primary N) is 1. The van der Waals surface area contributed by atoms with Crippen LogP contribution < -0.4 is 26.6 Å². The Hall–Kier alpha value is -4.99. The molecule has 3 heterocycles. The van der Waals surface area contributed by atoms with Crippen molar-refractivity contribution in [1.82, 2.24) is 20.3 Å². The third-order valence-corrected chi connectivity index (χ3v) is 7.92. The highest BCUT2D eigenvalue weighted by Crippen LogP contribution is 2.42. The Morgan fingerprint density at radius 1 is 1.21 bits per heavy atom. The number of alkyl carbamates (subject to hydrolysis) is 1. The number of carbonyl (C=O) groups is 2. The molecule has 1 aliphatic carbocycles. The summed E-state index contributed by atoms with van der Waals surface area (Å²) in [5.74, 6) is 0.260. The topological polar surface area (TPSA) is 126 Å². The van der Waals surface area contributed by atoms with E-state index in [0.29, 0.717) is 49.3 Å². The lowest BCUT2D eigenvalue weighted by molar-refractivity contribution is -0.109. The lowest BCUT2D eigenvalue weighted by Crippen LogP contribution is -2.45. The van der Waals surface area contributed by atoms with Crippen LogP contribution in [0, 0.1) is 18.7 Å². The van der Waals surface area contributed by atoms with Gasteiger partial charge in [0.05, 0.1) is 21.9 Å². The first-order valence-electron chi connectivity index (χ1n) is 14.4. The van der Waals surface area contributed by atoms with Crippen LogP contribution in [0.2, 0.25) is 0 Å². The molecule has 0 bridgehead atoms. The van der Waals surface area contributed by atoms with Crippen molar-refractivity contribution in [3.05, 3.63) is 82.4 Å². The molecule has 1 aliphatic heterocycles. The summed E-state index contributed by atoms with van der Waals surface area (Å²) in [7, 11) is 0. The van der Waals surface area contributed by atoms with Crippen LogP contribution in [0.1, 0.15) is 30.4 Å². The van der Waals surface area contributed by atoms with Gasteiger partial charge >= 0.3 is 6.09 Å². The van der Waals surface area contributed by atoms with E-state index < -0.39 is 6.09 Å². The molecular weight excluding hydrogens is 547 g/mol. The Morgan fingerprint density at radius 2 is 2.00 bits per heavy atom. The van der Waals surface area contributed by atoms with Crippen molar-refractivity contribution in [3.63, 3.8) is 0 Å². The number of aromatic amines is 1. The van der Waals surface area contributed by atoms with Gasteiger partial charge in [0.2, 0.25) is 0 Å². The van der Waals surface area contributed by atoms with Gasteiger partial charge in [-0.25, -0.2) is 19.2 Å². The molecule has 1 atom stereocenters. The highest BCUT2D eigenvalue weighted by Gasteiger charge is 2.28. The van der Waals surface area contributed by atoms with Crippen molar-refractivity contribution >= 4 is 36.0 Å². The summed E-state index contributed by atoms with van der Waals surface area (Å²) in [6, 6.07) is 14.4. The number of hydrogen-bond acceptors (Lipinski definition) is 7. The second kappa shape index (κ2) is 12.1. The zero-order valence-electron chi connectivity index (χ0n) is 23.8. The van der Waals surface area contributed by atoms with Gasteiger partial charge in [-0.15, -0.1) is 0 Å². The number of nitrogens with zero attached hydrogens (tertiary/aromatic N) is 3. The largest absolute Gasteiger partial charge is 0.445 e. The van der Waals surface area contributed by atoms with Crippen LogP contribution in [0.4, 0.5) is 20.7 Å². The normalized spacial score (nSPS) is 16.5. The second-order valence-electron chi connectivity index (χ2n) is 11.1. The number of carbonyl (C=O) groups excluding carboxylic acids is 2. The van der Waals surface area contributed by atoms with Gasteiger partial charge in [0, 0.05) is 36.8 Å². The molecule has 1 unspecified atom stereocenters. The summed E-state index contributed by atoms with van der Waals surface area (Å²) < 4.78 is 20.0. The zero-order valence-corrected chi connectivity index (χ0v) is 23.8. The SMILES string of the molecule is Cc1cc(F)cc(-c2cnc(N)c(-c3nc4c([nH]3)=CC(C=O)CC=4)c2N2CCC(NC(=O)OCc3ccccc3)CC2)c1. The first-order chi connectivity index (χ1) is 20.9. The van der Waals surface area contributed by atoms with Gasteiger partial charge in [0.25, 0.3) is 0 Å². The van der Waals surface area contributed by atoms with Gasteiger partial charge in [0.15, 0.2) is 0 Å². The molecule has 0 saturated carbocycles. The minimum absolute atomic E-state index is 0.0672. The van der Waals surface area contributed by atoms with Crippen molar-refractivity contribution in [2.45, 2.75) is 38.8 Å². The van der Waals surface area contributed by atoms with Crippen LogP contribution in [0.15, 0.2) is 54.7 Å². The molecule has 4 aromatic rings. The number of pyridine rings is 1. The number of aldehydes is 1. The van der Waals surface area contributed by atoms with E-state index >= 15 is 0 Å². The van der Waals surface area contributed by atoms with Crippen molar-refractivity contribution in [2.75, 3.05) is 23.7 Å². The number of benzene rings is 2. The molecular formula is C33H33FN6O3. The number of H-pyrrole nitrogens is 1. The number of halogens is 1. The number of aryl methyl sites for hydroxylation is 1. The monoisotopic (exact) mass is 580 g/mol. The molecule has 1 saturated heterocycles. The summed E-state index contributed by atoms with van der Waals surface area (Å²) in [5.41, 5.74) is 11.1. The van der Waals surface area contributed by atoms with E-state index in [-0.39, 0.29) is 30.2 Å². The summed E-state index contributed by atoms with van der Waals surface area (Å²) in [5, 5.41) is 4.50. The van der Waals surface area contributed by atoms with E-state index in [1.165, 1.54) is 12.1 Å². The second-order valence-corrected chi connectivity index (χ2v) is 11.1. The molecule has 0 radical (unpaired) electrons. The summed E-state index contributed by atoms with van der Waals surface area (Å²) in [4.78, 5) is 38.8. The summed E-state index contributed by atoms with van der Waals surface area (Å²) >= 11 is 0. The van der Waals surface area contributed by atoms with Crippen LogP contribution in [-0.2, 0) is 16.1 Å². The molecule has 6 rings (SSSR count). The van der Waals surface area contributed by atoms with Crippen LogP contribution in [0.25, 0.3) is 34.7 Å². The Morgan fingerprint density at radius 3 is 2.74 bits per heavy atom. The van der Waals surface area contributed by atoms with E-state index in [1.807, 2.05) is 55.5 Å². The van der Waals surface area contributed by atoms with Crippen LogP contribution in [-0.4, -0.2) is 46.5 Å². The standard InChI is InChI=1S/C33H33FN6O3/c1-20-13-23(16-24(34)14-20)26-17-36-31(35)29(32-38-27-8-7-22(18-41)15-28(27)39-32)30(26)40-11-9-25(10-12-40)37-33(42)43-19-21-5-3-2-4-6-21/h2-6,8,13-18,22,25H,7,9-12,19H2,1H3,(H2,35,36)(H,37,42)(H,38,39). The minimum atomic E-state index is -0.450. The van der Waals surface area contributed by atoms with Crippen LogP contribution in [0.5, 0.6) is 0 Å². The summed E-state index contributed by atoms with van der Waals surface area (Å²) in [6.45, 7) is 3.26. The third kappa shape index (κ3) is 6.13. The molecule has 0 spiro atoms. The van der Waals surface area contributed by atoms with Crippen LogP contribution in [0.3, 0.4) is 0 Å². The van der Waals surface area contributed by atoms with E-state index in [9.17, 15) is 14.0 Å². The predicted molar refractivity (Wildman–Crippen MR) is 164 cm³/mol. The average molecular weight is 581 g/mol. The molecule has 4 N–H and O–H groups in total. The number of piperidine rings is 1. The number of rotatable bonds is 7. The molecule has 2 aliphatic rings. The number of nitrogen functional groups attached to an aromatic ring is 1. The fourth-order valence-corrected chi connectivity index (χ4v) is 5.79. The van der Waals surface area contributed by atoms with Gasteiger partial charge in [-0.2, -0.15) is 0 Å². The average Bonchev–Trinajstić information content (AvgIpc) is 3.43. The Kier molecular flexibility index (Phi) is 7.91. The van der Waals surface area contributed by atoms with Crippen molar-refractivity contribution < 1.29 is 18.7 Å². The highest BCUT2D eigenvalue weighted by atomic mass is 19.1. The first kappa shape index (κ1) is 28.1. The fourth-order valence-electron chi connectivity index (χ4n) is 5.79. The Labute approximate surface area is 248 Å². The van der Waals surface area contributed by atoms with Crippen LogP contribution >= 0.6 is 0 Å². The molecule has 2 aromatic carbocycles. The number of nitrogens with one attached hydrogen (secondary N) is 2.